The largest absolute Gasteiger partial charge is 0.371 e. The van der Waals surface area contributed by atoms with Crippen LogP contribution in [0.5, 0.6) is 0 Å². The van der Waals surface area contributed by atoms with Gasteiger partial charge in [-0.15, -0.1) is 0 Å². The molecule has 1 atom stereocenters. The van der Waals surface area contributed by atoms with E-state index in [4.69, 9.17) is 4.74 Å². The summed E-state index contributed by atoms with van der Waals surface area (Å²) in [5, 5.41) is 3.27. The monoisotopic (exact) mass is 214 g/mol. The predicted octanol–water partition coefficient (Wildman–Crippen LogP) is 1.49. The minimum absolute atomic E-state index is 0.0476. The van der Waals surface area contributed by atoms with E-state index in [1.165, 1.54) is 6.42 Å². The minimum Gasteiger partial charge on any atom is -0.371 e. The molecule has 1 saturated heterocycles. The Kier molecular flexibility index (Phi) is 5.03. The van der Waals surface area contributed by atoms with Crippen LogP contribution in [0.1, 0.15) is 33.6 Å². The highest BCUT2D eigenvalue weighted by molar-refractivity contribution is 4.90. The highest BCUT2D eigenvalue weighted by atomic mass is 16.5. The van der Waals surface area contributed by atoms with Crippen LogP contribution >= 0.6 is 0 Å². The maximum Gasteiger partial charge on any atom is 0.0932 e. The van der Waals surface area contributed by atoms with Gasteiger partial charge in [-0.2, -0.15) is 0 Å². The van der Waals surface area contributed by atoms with E-state index >= 15 is 0 Å². The van der Waals surface area contributed by atoms with Crippen molar-refractivity contribution in [3.63, 3.8) is 0 Å². The fourth-order valence-corrected chi connectivity index (χ4v) is 2.44. The summed E-state index contributed by atoms with van der Waals surface area (Å²) in [6.45, 7) is 10.7. The van der Waals surface area contributed by atoms with Gasteiger partial charge in [-0.05, 0) is 27.3 Å². The van der Waals surface area contributed by atoms with Gasteiger partial charge in [0, 0.05) is 25.7 Å². The lowest BCUT2D eigenvalue weighted by Crippen LogP contribution is -2.57. The van der Waals surface area contributed by atoms with Crippen molar-refractivity contribution in [2.24, 2.45) is 0 Å². The number of nitrogens with zero attached hydrogens (tertiary/aromatic N) is 1. The molecule has 15 heavy (non-hydrogen) atoms. The zero-order chi connectivity index (χ0) is 11.3. The minimum atomic E-state index is 0.0476. The summed E-state index contributed by atoms with van der Waals surface area (Å²) in [5.74, 6) is 0. The fraction of sp³-hybridized carbons (Fsp3) is 1.00. The van der Waals surface area contributed by atoms with Gasteiger partial charge >= 0.3 is 0 Å². The van der Waals surface area contributed by atoms with Gasteiger partial charge in [0.15, 0.2) is 0 Å². The van der Waals surface area contributed by atoms with Gasteiger partial charge in [-0.3, -0.25) is 4.90 Å². The molecule has 3 heteroatoms. The van der Waals surface area contributed by atoms with Crippen molar-refractivity contribution in [2.45, 2.75) is 45.3 Å². The maximum atomic E-state index is 6.02. The summed E-state index contributed by atoms with van der Waals surface area (Å²) >= 11 is 0. The zero-order valence-corrected chi connectivity index (χ0v) is 10.7. The van der Waals surface area contributed by atoms with E-state index in [2.05, 4.69) is 31.0 Å². The molecule has 1 fully saturated rings. The Balaban J connectivity index is 2.61. The van der Waals surface area contributed by atoms with Gasteiger partial charge in [-0.25, -0.2) is 0 Å². The molecular weight excluding hydrogens is 188 g/mol. The molecule has 90 valence electrons. The van der Waals surface area contributed by atoms with E-state index in [-0.39, 0.29) is 5.60 Å². The first-order valence-electron chi connectivity index (χ1n) is 6.16. The van der Waals surface area contributed by atoms with Crippen LogP contribution in [-0.2, 0) is 4.74 Å². The van der Waals surface area contributed by atoms with Gasteiger partial charge in [0.1, 0.15) is 0 Å². The van der Waals surface area contributed by atoms with E-state index in [1.54, 1.807) is 0 Å². The number of nitrogens with one attached hydrogen (secondary N) is 1. The van der Waals surface area contributed by atoms with E-state index in [1.807, 2.05) is 7.05 Å². The van der Waals surface area contributed by atoms with Crippen LogP contribution in [0, 0.1) is 0 Å². The molecule has 0 bridgehead atoms. The molecule has 1 heterocycles. The smallest absolute Gasteiger partial charge is 0.0932 e. The quantitative estimate of drug-likeness (QED) is 0.750. The molecule has 0 aromatic carbocycles. The van der Waals surface area contributed by atoms with Gasteiger partial charge in [0.25, 0.3) is 0 Å². The number of likely N-dealkylation sites (N-methyl/N-ethyl adjacent to an activating group) is 1. The molecule has 3 nitrogen and oxygen atoms in total. The average molecular weight is 214 g/mol. The SMILES string of the molecule is CCCC1(CNC)CN(C(C)C)CCO1. The molecule has 1 aliphatic heterocycles. The second-order valence-electron chi connectivity index (χ2n) is 4.88. The molecule has 0 saturated carbocycles. The summed E-state index contributed by atoms with van der Waals surface area (Å²) in [6.07, 6.45) is 2.34. The van der Waals surface area contributed by atoms with Gasteiger partial charge < -0.3 is 10.1 Å². The van der Waals surface area contributed by atoms with Crippen molar-refractivity contribution in [3.8, 4) is 0 Å². The molecular formula is C12H26N2O. The average Bonchev–Trinajstić information content (AvgIpc) is 2.18. The Morgan fingerprint density at radius 3 is 2.73 bits per heavy atom. The number of ether oxygens (including phenoxy) is 1. The van der Waals surface area contributed by atoms with Gasteiger partial charge in [-0.1, -0.05) is 13.3 Å². The second-order valence-corrected chi connectivity index (χ2v) is 4.88. The first kappa shape index (κ1) is 12.9. The fourth-order valence-electron chi connectivity index (χ4n) is 2.44. The zero-order valence-electron chi connectivity index (χ0n) is 10.7. The number of hydrogen-bond donors (Lipinski definition) is 1. The third kappa shape index (κ3) is 3.44. The summed E-state index contributed by atoms with van der Waals surface area (Å²) in [7, 11) is 2.01. The van der Waals surface area contributed by atoms with Gasteiger partial charge in [0.05, 0.1) is 12.2 Å². The second kappa shape index (κ2) is 5.83. The molecule has 0 aromatic rings. The van der Waals surface area contributed by atoms with Crippen molar-refractivity contribution >= 4 is 0 Å². The number of hydrogen-bond acceptors (Lipinski definition) is 3. The lowest BCUT2D eigenvalue weighted by atomic mass is 9.94. The molecule has 1 aliphatic rings. The Bertz CT molecular complexity index is 171. The topological polar surface area (TPSA) is 24.5 Å². The Morgan fingerprint density at radius 1 is 1.47 bits per heavy atom. The van der Waals surface area contributed by atoms with Crippen molar-refractivity contribution in [1.82, 2.24) is 10.2 Å². The highest BCUT2D eigenvalue weighted by Crippen LogP contribution is 2.24. The van der Waals surface area contributed by atoms with Crippen molar-refractivity contribution in [1.29, 1.82) is 0 Å². The van der Waals surface area contributed by atoms with Crippen molar-refractivity contribution in [3.05, 3.63) is 0 Å². The van der Waals surface area contributed by atoms with Crippen molar-refractivity contribution in [2.75, 3.05) is 33.3 Å². The Morgan fingerprint density at radius 2 is 2.20 bits per heavy atom. The lowest BCUT2D eigenvalue weighted by molar-refractivity contribution is -0.118. The number of morpholine rings is 1. The van der Waals surface area contributed by atoms with Crippen LogP contribution < -0.4 is 5.32 Å². The molecule has 0 spiro atoms. The van der Waals surface area contributed by atoms with Crippen LogP contribution in [0.4, 0.5) is 0 Å². The number of rotatable bonds is 5. The lowest BCUT2D eigenvalue weighted by Gasteiger charge is -2.44. The molecule has 0 aromatic heterocycles. The highest BCUT2D eigenvalue weighted by Gasteiger charge is 2.35. The van der Waals surface area contributed by atoms with Crippen LogP contribution in [0.3, 0.4) is 0 Å². The van der Waals surface area contributed by atoms with E-state index < -0.39 is 0 Å². The van der Waals surface area contributed by atoms with Crippen LogP contribution in [-0.4, -0.2) is 49.8 Å². The molecule has 0 amide bonds. The molecule has 1 unspecified atom stereocenters. The first-order valence-corrected chi connectivity index (χ1v) is 6.16. The van der Waals surface area contributed by atoms with Crippen LogP contribution in [0.2, 0.25) is 0 Å². The van der Waals surface area contributed by atoms with Crippen LogP contribution in [0.25, 0.3) is 0 Å². The molecule has 1 N–H and O–H groups in total. The summed E-state index contributed by atoms with van der Waals surface area (Å²) in [5.41, 5.74) is 0.0476. The van der Waals surface area contributed by atoms with Crippen molar-refractivity contribution < 1.29 is 4.74 Å². The van der Waals surface area contributed by atoms with Gasteiger partial charge in [0.2, 0.25) is 0 Å². The third-order valence-corrected chi connectivity index (χ3v) is 3.21. The van der Waals surface area contributed by atoms with Crippen LogP contribution in [0.15, 0.2) is 0 Å². The first-order chi connectivity index (χ1) is 7.13. The summed E-state index contributed by atoms with van der Waals surface area (Å²) in [6, 6.07) is 0.627. The summed E-state index contributed by atoms with van der Waals surface area (Å²) < 4.78 is 6.02. The normalized spacial score (nSPS) is 28.6. The molecule has 0 aliphatic carbocycles. The van der Waals surface area contributed by atoms with E-state index in [0.29, 0.717) is 6.04 Å². The maximum absolute atomic E-state index is 6.02. The molecule has 1 rings (SSSR count). The predicted molar refractivity (Wildman–Crippen MR) is 64.2 cm³/mol. The third-order valence-electron chi connectivity index (χ3n) is 3.21. The standard InChI is InChI=1S/C12H26N2O/c1-5-6-12(9-13-4)10-14(11(2)3)7-8-15-12/h11,13H,5-10H2,1-4H3. The molecule has 0 radical (unpaired) electrons. The van der Waals surface area contributed by atoms with E-state index in [0.717, 1.165) is 32.7 Å². The Hall–Kier alpha value is -0.120. The summed E-state index contributed by atoms with van der Waals surface area (Å²) in [4.78, 5) is 2.52. The van der Waals surface area contributed by atoms with E-state index in [9.17, 15) is 0 Å². The Labute approximate surface area is 94.2 Å².